The quantitative estimate of drug-likeness (QED) is 0.649. The van der Waals surface area contributed by atoms with E-state index in [1.54, 1.807) is 0 Å². The van der Waals surface area contributed by atoms with Crippen molar-refractivity contribution in [1.82, 2.24) is 5.32 Å². The molecule has 64 valence electrons. The van der Waals surface area contributed by atoms with Crippen LogP contribution in [-0.2, 0) is 4.74 Å². The van der Waals surface area contributed by atoms with E-state index in [2.05, 4.69) is 12.2 Å². The van der Waals surface area contributed by atoms with Crippen LogP contribution in [-0.4, -0.2) is 24.8 Å². The standard InChI is InChI=1S/C9H17NO/c1-2-10-7-5-8-3-4-9(6-7)11-8/h7-10H,2-6H2,1H3. The van der Waals surface area contributed by atoms with Crippen LogP contribution in [0.1, 0.15) is 32.6 Å². The van der Waals surface area contributed by atoms with Crippen LogP contribution in [0.25, 0.3) is 0 Å². The lowest BCUT2D eigenvalue weighted by atomic mass is 10.0. The number of ether oxygens (including phenoxy) is 1. The first-order valence-electron chi connectivity index (χ1n) is 4.77. The molecule has 0 saturated carbocycles. The van der Waals surface area contributed by atoms with E-state index < -0.39 is 0 Å². The summed E-state index contributed by atoms with van der Waals surface area (Å²) in [5.74, 6) is 0. The molecule has 2 atom stereocenters. The second kappa shape index (κ2) is 3.11. The van der Waals surface area contributed by atoms with Crippen molar-refractivity contribution in [2.24, 2.45) is 0 Å². The summed E-state index contributed by atoms with van der Waals surface area (Å²) in [5, 5.41) is 3.51. The molecule has 2 heterocycles. The second-order valence-electron chi connectivity index (χ2n) is 3.68. The van der Waals surface area contributed by atoms with Gasteiger partial charge in [-0.3, -0.25) is 0 Å². The Morgan fingerprint density at radius 1 is 1.27 bits per heavy atom. The SMILES string of the molecule is CCNC1CC2CCC(C1)O2. The number of hydrogen-bond donors (Lipinski definition) is 1. The molecule has 2 heteroatoms. The largest absolute Gasteiger partial charge is 0.375 e. The third kappa shape index (κ3) is 1.57. The molecule has 2 bridgehead atoms. The fourth-order valence-electron chi connectivity index (χ4n) is 2.31. The van der Waals surface area contributed by atoms with E-state index in [0.717, 1.165) is 12.6 Å². The Morgan fingerprint density at radius 3 is 2.45 bits per heavy atom. The lowest BCUT2D eigenvalue weighted by Gasteiger charge is -2.28. The molecule has 0 amide bonds. The van der Waals surface area contributed by atoms with Crippen molar-refractivity contribution in [1.29, 1.82) is 0 Å². The summed E-state index contributed by atoms with van der Waals surface area (Å²) in [4.78, 5) is 0. The molecule has 0 aromatic carbocycles. The van der Waals surface area contributed by atoms with Gasteiger partial charge in [-0.05, 0) is 32.2 Å². The minimum atomic E-state index is 0.581. The summed E-state index contributed by atoms with van der Waals surface area (Å²) in [6, 6.07) is 0.742. The third-order valence-electron chi connectivity index (χ3n) is 2.78. The van der Waals surface area contributed by atoms with Crippen molar-refractivity contribution in [2.75, 3.05) is 6.54 Å². The molecule has 0 radical (unpaired) electrons. The molecule has 11 heavy (non-hydrogen) atoms. The van der Waals surface area contributed by atoms with Gasteiger partial charge in [-0.25, -0.2) is 0 Å². The van der Waals surface area contributed by atoms with Gasteiger partial charge in [0.05, 0.1) is 12.2 Å². The minimum absolute atomic E-state index is 0.581. The molecule has 1 N–H and O–H groups in total. The van der Waals surface area contributed by atoms with Gasteiger partial charge in [-0.1, -0.05) is 6.92 Å². The fraction of sp³-hybridized carbons (Fsp3) is 1.00. The summed E-state index contributed by atoms with van der Waals surface area (Å²) < 4.78 is 5.73. The van der Waals surface area contributed by atoms with Gasteiger partial charge in [0.25, 0.3) is 0 Å². The summed E-state index contributed by atoms with van der Waals surface area (Å²) in [7, 11) is 0. The van der Waals surface area contributed by atoms with E-state index in [1.807, 2.05) is 0 Å². The van der Waals surface area contributed by atoms with Crippen LogP contribution < -0.4 is 5.32 Å². The Balaban J connectivity index is 1.87. The van der Waals surface area contributed by atoms with Crippen molar-refractivity contribution in [3.63, 3.8) is 0 Å². The Morgan fingerprint density at radius 2 is 1.91 bits per heavy atom. The molecule has 0 aromatic rings. The highest BCUT2D eigenvalue weighted by Crippen LogP contribution is 2.32. The molecule has 2 aliphatic rings. The molecular formula is C9H17NO. The smallest absolute Gasteiger partial charge is 0.0594 e. The zero-order chi connectivity index (χ0) is 7.68. The molecule has 0 aliphatic carbocycles. The Bertz CT molecular complexity index is 126. The topological polar surface area (TPSA) is 21.3 Å². The molecule has 2 unspecified atom stereocenters. The summed E-state index contributed by atoms with van der Waals surface area (Å²) in [5.41, 5.74) is 0. The van der Waals surface area contributed by atoms with Crippen LogP contribution in [0, 0.1) is 0 Å². The second-order valence-corrected chi connectivity index (χ2v) is 3.68. The van der Waals surface area contributed by atoms with Gasteiger partial charge in [0.1, 0.15) is 0 Å². The Hall–Kier alpha value is -0.0800. The Kier molecular flexibility index (Phi) is 2.14. The lowest BCUT2D eigenvalue weighted by molar-refractivity contribution is -0.00828. The zero-order valence-electron chi connectivity index (χ0n) is 7.18. The van der Waals surface area contributed by atoms with E-state index in [9.17, 15) is 0 Å². The molecule has 2 aliphatic heterocycles. The molecule has 2 saturated heterocycles. The Labute approximate surface area is 68.3 Å². The van der Waals surface area contributed by atoms with Gasteiger partial charge in [0, 0.05) is 6.04 Å². The summed E-state index contributed by atoms with van der Waals surface area (Å²) >= 11 is 0. The van der Waals surface area contributed by atoms with Crippen molar-refractivity contribution in [3.8, 4) is 0 Å². The first-order valence-corrected chi connectivity index (χ1v) is 4.77. The molecule has 0 spiro atoms. The molecule has 2 rings (SSSR count). The highest BCUT2D eigenvalue weighted by atomic mass is 16.5. The number of rotatable bonds is 2. The van der Waals surface area contributed by atoms with Gasteiger partial charge in [-0.15, -0.1) is 0 Å². The molecule has 2 fully saturated rings. The van der Waals surface area contributed by atoms with Crippen LogP contribution in [0.4, 0.5) is 0 Å². The monoisotopic (exact) mass is 155 g/mol. The van der Waals surface area contributed by atoms with Gasteiger partial charge in [0.15, 0.2) is 0 Å². The van der Waals surface area contributed by atoms with Gasteiger partial charge < -0.3 is 10.1 Å². The maximum atomic E-state index is 5.73. The maximum absolute atomic E-state index is 5.73. The maximum Gasteiger partial charge on any atom is 0.0594 e. The van der Waals surface area contributed by atoms with E-state index in [-0.39, 0.29) is 0 Å². The van der Waals surface area contributed by atoms with Crippen molar-refractivity contribution in [2.45, 2.75) is 50.9 Å². The molecular weight excluding hydrogens is 138 g/mol. The first-order chi connectivity index (χ1) is 5.38. The van der Waals surface area contributed by atoms with E-state index in [1.165, 1.54) is 25.7 Å². The van der Waals surface area contributed by atoms with Crippen molar-refractivity contribution < 1.29 is 4.74 Å². The van der Waals surface area contributed by atoms with E-state index in [0.29, 0.717) is 12.2 Å². The minimum Gasteiger partial charge on any atom is -0.375 e. The van der Waals surface area contributed by atoms with E-state index >= 15 is 0 Å². The normalized spacial score (nSPS) is 42.8. The fourth-order valence-corrected chi connectivity index (χ4v) is 2.31. The highest BCUT2D eigenvalue weighted by Gasteiger charge is 2.34. The average molecular weight is 155 g/mol. The van der Waals surface area contributed by atoms with Gasteiger partial charge >= 0.3 is 0 Å². The predicted octanol–water partition coefficient (Wildman–Crippen LogP) is 1.31. The average Bonchev–Trinajstić information content (AvgIpc) is 2.32. The summed E-state index contributed by atoms with van der Waals surface area (Å²) in [6.07, 6.45) is 6.24. The van der Waals surface area contributed by atoms with Gasteiger partial charge in [0.2, 0.25) is 0 Å². The third-order valence-corrected chi connectivity index (χ3v) is 2.78. The zero-order valence-corrected chi connectivity index (χ0v) is 7.18. The van der Waals surface area contributed by atoms with Crippen LogP contribution in [0.5, 0.6) is 0 Å². The van der Waals surface area contributed by atoms with E-state index in [4.69, 9.17) is 4.74 Å². The van der Waals surface area contributed by atoms with Crippen LogP contribution in [0.2, 0.25) is 0 Å². The van der Waals surface area contributed by atoms with Crippen LogP contribution in [0.15, 0.2) is 0 Å². The highest BCUT2D eigenvalue weighted by molar-refractivity contribution is 4.87. The predicted molar refractivity (Wildman–Crippen MR) is 44.6 cm³/mol. The number of fused-ring (bicyclic) bond motifs is 2. The number of nitrogens with one attached hydrogen (secondary N) is 1. The van der Waals surface area contributed by atoms with Crippen molar-refractivity contribution in [3.05, 3.63) is 0 Å². The van der Waals surface area contributed by atoms with Crippen LogP contribution >= 0.6 is 0 Å². The first kappa shape index (κ1) is 7.56. The summed E-state index contributed by atoms with van der Waals surface area (Å²) in [6.45, 7) is 3.28. The lowest BCUT2D eigenvalue weighted by Crippen LogP contribution is -2.38. The number of hydrogen-bond acceptors (Lipinski definition) is 2. The molecule has 0 aromatic heterocycles. The van der Waals surface area contributed by atoms with Crippen molar-refractivity contribution >= 4 is 0 Å². The van der Waals surface area contributed by atoms with Crippen LogP contribution in [0.3, 0.4) is 0 Å². The van der Waals surface area contributed by atoms with Gasteiger partial charge in [-0.2, -0.15) is 0 Å². The molecule has 2 nitrogen and oxygen atoms in total.